The second-order valence-corrected chi connectivity index (χ2v) is 6.68. The number of amides is 1. The summed E-state index contributed by atoms with van der Waals surface area (Å²) in [4.78, 5) is 26.1. The molecular formula is C19H22FN3O3. The largest absolute Gasteiger partial charge is 0.481 e. The Morgan fingerprint density at radius 1 is 1.35 bits per heavy atom. The molecule has 1 N–H and O–H groups in total. The van der Waals surface area contributed by atoms with Crippen molar-refractivity contribution in [1.29, 1.82) is 0 Å². The number of carboxylic acid groups (broad SMARTS) is 1. The first-order valence-electron chi connectivity index (χ1n) is 8.72. The SMILES string of the molecule is CCCn1ncc(C(=O)N2C[C@H](C(=O)O)[C@@H](c3cccc(F)c3)C2)c1C. The fourth-order valence-electron chi connectivity index (χ4n) is 3.56. The van der Waals surface area contributed by atoms with Crippen LogP contribution in [0.2, 0.25) is 0 Å². The van der Waals surface area contributed by atoms with Gasteiger partial charge in [-0.05, 0) is 31.0 Å². The van der Waals surface area contributed by atoms with Crippen molar-refractivity contribution < 1.29 is 19.1 Å². The van der Waals surface area contributed by atoms with Crippen molar-refractivity contribution in [3.05, 3.63) is 53.1 Å². The topological polar surface area (TPSA) is 75.4 Å². The number of nitrogens with zero attached hydrogens (tertiary/aromatic N) is 3. The van der Waals surface area contributed by atoms with E-state index in [2.05, 4.69) is 5.10 Å². The maximum atomic E-state index is 13.6. The molecule has 1 aliphatic heterocycles. The second kappa shape index (κ2) is 7.27. The van der Waals surface area contributed by atoms with Gasteiger partial charge in [-0.2, -0.15) is 5.10 Å². The minimum absolute atomic E-state index is 0.105. The van der Waals surface area contributed by atoms with E-state index < -0.39 is 23.6 Å². The van der Waals surface area contributed by atoms with Crippen molar-refractivity contribution in [2.75, 3.05) is 13.1 Å². The number of hydrogen-bond acceptors (Lipinski definition) is 3. The van der Waals surface area contributed by atoms with Gasteiger partial charge in [0, 0.05) is 31.2 Å². The number of hydrogen-bond donors (Lipinski definition) is 1. The number of carbonyl (C=O) groups is 2. The van der Waals surface area contributed by atoms with E-state index in [0.717, 1.165) is 18.7 Å². The van der Waals surface area contributed by atoms with Gasteiger partial charge in [-0.3, -0.25) is 14.3 Å². The highest BCUT2D eigenvalue weighted by molar-refractivity contribution is 5.95. The van der Waals surface area contributed by atoms with E-state index in [9.17, 15) is 19.1 Å². The molecule has 6 nitrogen and oxygen atoms in total. The lowest BCUT2D eigenvalue weighted by Crippen LogP contribution is -2.30. The Balaban J connectivity index is 1.85. The molecular weight excluding hydrogens is 337 g/mol. The predicted octanol–water partition coefficient (Wildman–Crippen LogP) is 2.68. The third-order valence-electron chi connectivity index (χ3n) is 4.97. The molecule has 0 bridgehead atoms. The van der Waals surface area contributed by atoms with Gasteiger partial charge in [-0.25, -0.2) is 4.39 Å². The molecule has 1 saturated heterocycles. The Labute approximate surface area is 151 Å². The Bertz CT molecular complexity index is 833. The third-order valence-corrected chi connectivity index (χ3v) is 4.97. The Morgan fingerprint density at radius 3 is 2.77 bits per heavy atom. The summed E-state index contributed by atoms with van der Waals surface area (Å²) in [5.74, 6) is -2.80. The molecule has 3 rings (SSSR count). The smallest absolute Gasteiger partial charge is 0.308 e. The number of likely N-dealkylation sites (tertiary alicyclic amines) is 1. The highest BCUT2D eigenvalue weighted by atomic mass is 19.1. The zero-order valence-corrected chi connectivity index (χ0v) is 14.9. The first kappa shape index (κ1) is 18.1. The molecule has 1 fully saturated rings. The summed E-state index contributed by atoms with van der Waals surface area (Å²) in [5.41, 5.74) is 1.87. The number of benzene rings is 1. The fourth-order valence-corrected chi connectivity index (χ4v) is 3.56. The summed E-state index contributed by atoms with van der Waals surface area (Å²) < 4.78 is 15.3. The van der Waals surface area contributed by atoms with E-state index in [1.165, 1.54) is 17.0 Å². The number of aryl methyl sites for hydroxylation is 1. The van der Waals surface area contributed by atoms with Gasteiger partial charge in [-0.15, -0.1) is 0 Å². The lowest BCUT2D eigenvalue weighted by atomic mass is 9.89. The molecule has 7 heteroatoms. The summed E-state index contributed by atoms with van der Waals surface area (Å²) in [5, 5.41) is 13.8. The first-order chi connectivity index (χ1) is 12.4. The van der Waals surface area contributed by atoms with E-state index in [4.69, 9.17) is 0 Å². The van der Waals surface area contributed by atoms with Crippen LogP contribution < -0.4 is 0 Å². The molecule has 0 unspecified atom stereocenters. The van der Waals surface area contributed by atoms with Crippen LogP contribution in [0.15, 0.2) is 30.5 Å². The van der Waals surface area contributed by atoms with Crippen LogP contribution in [0, 0.1) is 18.7 Å². The third kappa shape index (κ3) is 3.34. The molecule has 2 atom stereocenters. The van der Waals surface area contributed by atoms with Gasteiger partial charge in [-0.1, -0.05) is 19.1 Å². The molecule has 0 radical (unpaired) electrons. The standard InChI is InChI=1S/C19H22FN3O3/c1-3-7-23-12(2)15(9-21-23)18(24)22-10-16(17(11-22)19(25)26)13-5-4-6-14(20)8-13/h4-6,8-9,16-17H,3,7,10-11H2,1-2H3,(H,25,26)/t16-,17+/m1/s1. The van der Waals surface area contributed by atoms with Crippen LogP contribution in [0.4, 0.5) is 4.39 Å². The summed E-state index contributed by atoms with van der Waals surface area (Å²) in [6.45, 7) is 4.95. The quantitative estimate of drug-likeness (QED) is 0.891. The number of carboxylic acids is 1. The van der Waals surface area contributed by atoms with Crippen molar-refractivity contribution in [2.45, 2.75) is 32.7 Å². The van der Waals surface area contributed by atoms with E-state index in [1.54, 1.807) is 23.0 Å². The second-order valence-electron chi connectivity index (χ2n) is 6.68. The van der Waals surface area contributed by atoms with Gasteiger partial charge in [0.1, 0.15) is 5.82 Å². The van der Waals surface area contributed by atoms with Crippen LogP contribution >= 0.6 is 0 Å². The van der Waals surface area contributed by atoms with Gasteiger partial charge < -0.3 is 10.0 Å². The number of carbonyl (C=O) groups excluding carboxylic acids is 1. The highest BCUT2D eigenvalue weighted by Crippen LogP contribution is 2.34. The number of rotatable bonds is 5. The maximum absolute atomic E-state index is 13.6. The zero-order chi connectivity index (χ0) is 18.8. The fraction of sp³-hybridized carbons (Fsp3) is 0.421. The van der Waals surface area contributed by atoms with Crippen LogP contribution in [0.25, 0.3) is 0 Å². The number of aromatic nitrogens is 2. The molecule has 1 aliphatic rings. The maximum Gasteiger partial charge on any atom is 0.308 e. The van der Waals surface area contributed by atoms with Crippen molar-refractivity contribution in [1.82, 2.24) is 14.7 Å². The Kier molecular flexibility index (Phi) is 5.06. The van der Waals surface area contributed by atoms with Crippen LogP contribution in [0.1, 0.15) is 40.9 Å². The Hall–Kier alpha value is -2.70. The van der Waals surface area contributed by atoms with Crippen LogP contribution in [0.3, 0.4) is 0 Å². The summed E-state index contributed by atoms with van der Waals surface area (Å²) in [7, 11) is 0. The molecule has 0 spiro atoms. The minimum Gasteiger partial charge on any atom is -0.481 e. The normalized spacial score (nSPS) is 19.7. The first-order valence-corrected chi connectivity index (χ1v) is 8.72. The molecule has 2 aromatic rings. The van der Waals surface area contributed by atoms with E-state index in [0.29, 0.717) is 11.1 Å². The number of aliphatic carboxylic acids is 1. The molecule has 2 heterocycles. The zero-order valence-electron chi connectivity index (χ0n) is 14.9. The molecule has 0 aliphatic carbocycles. The van der Waals surface area contributed by atoms with E-state index in [-0.39, 0.29) is 19.0 Å². The molecule has 26 heavy (non-hydrogen) atoms. The Morgan fingerprint density at radius 2 is 2.12 bits per heavy atom. The molecule has 1 aromatic heterocycles. The van der Waals surface area contributed by atoms with Crippen LogP contribution in [0.5, 0.6) is 0 Å². The lowest BCUT2D eigenvalue weighted by molar-refractivity contribution is -0.141. The van der Waals surface area contributed by atoms with Gasteiger partial charge >= 0.3 is 5.97 Å². The van der Waals surface area contributed by atoms with Crippen molar-refractivity contribution >= 4 is 11.9 Å². The van der Waals surface area contributed by atoms with Crippen molar-refractivity contribution in [3.63, 3.8) is 0 Å². The summed E-state index contributed by atoms with van der Waals surface area (Å²) >= 11 is 0. The van der Waals surface area contributed by atoms with Gasteiger partial charge in [0.15, 0.2) is 0 Å². The molecule has 1 amide bonds. The average Bonchev–Trinajstić information content (AvgIpc) is 3.20. The van der Waals surface area contributed by atoms with Gasteiger partial charge in [0.2, 0.25) is 0 Å². The monoisotopic (exact) mass is 359 g/mol. The van der Waals surface area contributed by atoms with E-state index >= 15 is 0 Å². The number of halogens is 1. The van der Waals surface area contributed by atoms with Gasteiger partial charge in [0.25, 0.3) is 5.91 Å². The van der Waals surface area contributed by atoms with Crippen LogP contribution in [-0.2, 0) is 11.3 Å². The molecule has 0 saturated carbocycles. The lowest BCUT2D eigenvalue weighted by Gasteiger charge is -2.16. The van der Waals surface area contributed by atoms with Crippen molar-refractivity contribution in [2.24, 2.45) is 5.92 Å². The van der Waals surface area contributed by atoms with E-state index in [1.807, 2.05) is 13.8 Å². The summed E-state index contributed by atoms with van der Waals surface area (Å²) in [6, 6.07) is 5.94. The molecule has 138 valence electrons. The van der Waals surface area contributed by atoms with Crippen LogP contribution in [-0.4, -0.2) is 44.8 Å². The predicted molar refractivity (Wildman–Crippen MR) is 93.4 cm³/mol. The minimum atomic E-state index is -0.979. The highest BCUT2D eigenvalue weighted by Gasteiger charge is 2.41. The summed E-state index contributed by atoms with van der Waals surface area (Å²) in [6.07, 6.45) is 2.45. The average molecular weight is 359 g/mol. The van der Waals surface area contributed by atoms with Crippen molar-refractivity contribution in [3.8, 4) is 0 Å². The molecule has 1 aromatic carbocycles. The van der Waals surface area contributed by atoms with Gasteiger partial charge in [0.05, 0.1) is 17.7 Å².